The lowest BCUT2D eigenvalue weighted by molar-refractivity contribution is 0.0536. The van der Waals surface area contributed by atoms with Gasteiger partial charge in [0.25, 0.3) is 0 Å². The van der Waals surface area contributed by atoms with E-state index in [1.165, 1.54) is 22.2 Å². The number of rotatable bonds is 4. The lowest BCUT2D eigenvalue weighted by atomic mass is 9.86. The van der Waals surface area contributed by atoms with Gasteiger partial charge in [-0.3, -0.25) is 0 Å². The summed E-state index contributed by atoms with van der Waals surface area (Å²) in [5.41, 5.74) is 3.91. The Kier molecular flexibility index (Phi) is 4.93. The molecule has 23 heavy (non-hydrogen) atoms. The number of nitrogens with zero attached hydrogens (tertiary/aromatic N) is 1. The smallest absolute Gasteiger partial charge is 0.0952 e. The summed E-state index contributed by atoms with van der Waals surface area (Å²) < 4.78 is 7.33. The van der Waals surface area contributed by atoms with E-state index in [9.17, 15) is 5.11 Å². The van der Waals surface area contributed by atoms with Crippen molar-refractivity contribution in [2.45, 2.75) is 65.0 Å². The Labute approximate surface area is 140 Å². The van der Waals surface area contributed by atoms with Gasteiger partial charge in [0.05, 0.1) is 19.3 Å². The van der Waals surface area contributed by atoms with E-state index in [0.717, 1.165) is 0 Å². The molecule has 0 aliphatic rings. The van der Waals surface area contributed by atoms with Crippen molar-refractivity contribution in [3.8, 4) is 0 Å². The Balaban J connectivity index is 2.57. The highest BCUT2D eigenvalue weighted by Gasteiger charge is 2.23. The standard InChI is InChI=1S/C20H31NO2/c1-19(2,3)15-8-9-17-14(10-15)11-18(20(4,5)6)21(17)12-16(22)13-23-7/h8-11,16,22H,12-13H2,1-7H3. The molecular weight excluding hydrogens is 286 g/mol. The Morgan fingerprint density at radius 3 is 2.22 bits per heavy atom. The first-order valence-corrected chi connectivity index (χ1v) is 8.35. The lowest BCUT2D eigenvalue weighted by Gasteiger charge is -2.24. The van der Waals surface area contributed by atoms with E-state index in [0.29, 0.717) is 13.2 Å². The molecule has 0 aliphatic carbocycles. The minimum atomic E-state index is -0.501. The molecular formula is C20H31NO2. The second-order valence-electron chi connectivity index (χ2n) is 8.52. The maximum Gasteiger partial charge on any atom is 0.0952 e. The number of aliphatic hydroxyl groups excluding tert-OH is 1. The second-order valence-corrected chi connectivity index (χ2v) is 8.52. The molecule has 1 unspecified atom stereocenters. The molecule has 2 aromatic rings. The maximum absolute atomic E-state index is 10.2. The fourth-order valence-corrected chi connectivity index (χ4v) is 3.01. The minimum absolute atomic E-state index is 0.0215. The van der Waals surface area contributed by atoms with Crippen LogP contribution < -0.4 is 0 Å². The average molecular weight is 317 g/mol. The predicted octanol–water partition coefficient (Wildman–Crippen LogP) is 4.24. The Morgan fingerprint density at radius 1 is 1.04 bits per heavy atom. The van der Waals surface area contributed by atoms with Crippen LogP contribution >= 0.6 is 0 Å². The highest BCUT2D eigenvalue weighted by molar-refractivity contribution is 5.82. The van der Waals surface area contributed by atoms with Crippen molar-refractivity contribution in [1.29, 1.82) is 0 Å². The van der Waals surface area contributed by atoms with Crippen molar-refractivity contribution in [2.75, 3.05) is 13.7 Å². The van der Waals surface area contributed by atoms with Gasteiger partial charge in [0.15, 0.2) is 0 Å². The molecule has 128 valence electrons. The zero-order valence-corrected chi connectivity index (χ0v) is 15.6. The van der Waals surface area contributed by atoms with E-state index in [2.05, 4.69) is 70.4 Å². The van der Waals surface area contributed by atoms with Gasteiger partial charge >= 0.3 is 0 Å². The highest BCUT2D eigenvalue weighted by Crippen LogP contribution is 2.32. The average Bonchev–Trinajstić information content (AvgIpc) is 2.76. The molecule has 0 bridgehead atoms. The van der Waals surface area contributed by atoms with Crippen molar-refractivity contribution >= 4 is 10.9 Å². The van der Waals surface area contributed by atoms with E-state index in [1.54, 1.807) is 7.11 Å². The molecule has 0 spiro atoms. The summed E-state index contributed by atoms with van der Waals surface area (Å²) in [5.74, 6) is 0. The topological polar surface area (TPSA) is 34.4 Å². The highest BCUT2D eigenvalue weighted by atomic mass is 16.5. The van der Waals surface area contributed by atoms with E-state index >= 15 is 0 Å². The van der Waals surface area contributed by atoms with E-state index in [1.807, 2.05) is 0 Å². The molecule has 1 aromatic carbocycles. The van der Waals surface area contributed by atoms with Gasteiger partial charge in [-0.15, -0.1) is 0 Å². The molecule has 0 fully saturated rings. The van der Waals surface area contributed by atoms with Crippen molar-refractivity contribution < 1.29 is 9.84 Å². The fourth-order valence-electron chi connectivity index (χ4n) is 3.01. The number of aliphatic hydroxyl groups is 1. The molecule has 0 aliphatic heterocycles. The van der Waals surface area contributed by atoms with Crippen LogP contribution in [-0.2, 0) is 22.1 Å². The third kappa shape index (κ3) is 3.96. The molecule has 1 aromatic heterocycles. The SMILES string of the molecule is COCC(O)Cn1c(C(C)(C)C)cc2cc(C(C)(C)C)ccc21. The molecule has 0 amide bonds. The molecule has 3 nitrogen and oxygen atoms in total. The van der Waals surface area contributed by atoms with Crippen molar-refractivity contribution in [3.05, 3.63) is 35.5 Å². The molecule has 1 N–H and O–H groups in total. The summed E-state index contributed by atoms with van der Waals surface area (Å²) >= 11 is 0. The van der Waals surface area contributed by atoms with Gasteiger partial charge < -0.3 is 14.4 Å². The Bertz CT molecular complexity index is 671. The van der Waals surface area contributed by atoms with E-state index < -0.39 is 6.10 Å². The first-order valence-electron chi connectivity index (χ1n) is 8.35. The van der Waals surface area contributed by atoms with E-state index in [4.69, 9.17) is 4.74 Å². The normalized spacial score (nSPS) is 14.4. The summed E-state index contributed by atoms with van der Waals surface area (Å²) in [6.07, 6.45) is -0.501. The van der Waals surface area contributed by atoms with Gasteiger partial charge in [-0.1, -0.05) is 47.6 Å². The van der Waals surface area contributed by atoms with Gasteiger partial charge in [-0.25, -0.2) is 0 Å². The molecule has 0 saturated heterocycles. The lowest BCUT2D eigenvalue weighted by Crippen LogP contribution is -2.25. The number of ether oxygens (including phenoxy) is 1. The predicted molar refractivity (Wildman–Crippen MR) is 97.2 cm³/mol. The molecule has 0 radical (unpaired) electrons. The number of methoxy groups -OCH3 is 1. The van der Waals surface area contributed by atoms with Gasteiger partial charge in [0, 0.05) is 29.1 Å². The third-order valence-corrected chi connectivity index (χ3v) is 4.29. The van der Waals surface area contributed by atoms with Crippen molar-refractivity contribution in [3.63, 3.8) is 0 Å². The van der Waals surface area contributed by atoms with Crippen molar-refractivity contribution in [1.82, 2.24) is 4.57 Å². The first-order chi connectivity index (χ1) is 10.5. The quantitative estimate of drug-likeness (QED) is 0.915. The number of fused-ring (bicyclic) bond motifs is 1. The Morgan fingerprint density at radius 2 is 1.70 bits per heavy atom. The monoisotopic (exact) mass is 317 g/mol. The van der Waals surface area contributed by atoms with Crippen LogP contribution in [0.15, 0.2) is 24.3 Å². The summed E-state index contributed by atoms with van der Waals surface area (Å²) in [6, 6.07) is 8.94. The van der Waals surface area contributed by atoms with Gasteiger partial charge in [0.2, 0.25) is 0 Å². The van der Waals surface area contributed by atoms with Crippen LogP contribution in [0.25, 0.3) is 10.9 Å². The van der Waals surface area contributed by atoms with Crippen molar-refractivity contribution in [2.24, 2.45) is 0 Å². The fraction of sp³-hybridized carbons (Fsp3) is 0.600. The summed E-state index contributed by atoms with van der Waals surface area (Å²) in [7, 11) is 1.62. The largest absolute Gasteiger partial charge is 0.389 e. The number of hydrogen-bond acceptors (Lipinski definition) is 2. The zero-order valence-electron chi connectivity index (χ0n) is 15.6. The van der Waals surface area contributed by atoms with Crippen LogP contribution in [0.4, 0.5) is 0 Å². The third-order valence-electron chi connectivity index (χ3n) is 4.29. The van der Waals surface area contributed by atoms with Crippen LogP contribution in [0, 0.1) is 0 Å². The molecule has 1 heterocycles. The van der Waals surface area contributed by atoms with Crippen LogP contribution in [0.3, 0.4) is 0 Å². The van der Waals surface area contributed by atoms with Crippen LogP contribution in [0.1, 0.15) is 52.8 Å². The number of aromatic nitrogens is 1. The molecule has 3 heteroatoms. The molecule has 1 atom stereocenters. The summed E-state index contributed by atoms with van der Waals surface area (Å²) in [4.78, 5) is 0. The van der Waals surface area contributed by atoms with Gasteiger partial charge in [-0.2, -0.15) is 0 Å². The number of hydrogen-bond donors (Lipinski definition) is 1. The molecule has 0 saturated carbocycles. The minimum Gasteiger partial charge on any atom is -0.389 e. The van der Waals surface area contributed by atoms with Crippen LogP contribution in [-0.4, -0.2) is 29.5 Å². The number of benzene rings is 1. The van der Waals surface area contributed by atoms with Crippen LogP contribution in [0.2, 0.25) is 0 Å². The molecule has 2 rings (SSSR count). The van der Waals surface area contributed by atoms with Gasteiger partial charge in [0.1, 0.15) is 0 Å². The first kappa shape index (κ1) is 18.0. The Hall–Kier alpha value is -1.32. The van der Waals surface area contributed by atoms with Crippen LogP contribution in [0.5, 0.6) is 0 Å². The maximum atomic E-state index is 10.2. The van der Waals surface area contributed by atoms with E-state index in [-0.39, 0.29) is 10.8 Å². The zero-order chi connectivity index (χ0) is 17.4. The van der Waals surface area contributed by atoms with Gasteiger partial charge in [-0.05, 0) is 29.2 Å². The summed E-state index contributed by atoms with van der Waals surface area (Å²) in [5, 5.41) is 11.5. The second kappa shape index (κ2) is 6.29. The summed E-state index contributed by atoms with van der Waals surface area (Å²) in [6.45, 7) is 14.2.